The number of nitrogens with one attached hydrogen (secondary N) is 1. The van der Waals surface area contributed by atoms with E-state index in [9.17, 15) is 14.4 Å². The SMILES string of the molecule is CCCNC(=O)[C@@H]1CC(=O)N(c2ccc(OCC(=O)N3[C@H](C)CCC[C@H]3C)cc2)C1. The van der Waals surface area contributed by atoms with E-state index in [1.165, 1.54) is 0 Å². The monoisotopic (exact) mass is 415 g/mol. The predicted molar refractivity (Wildman–Crippen MR) is 115 cm³/mol. The summed E-state index contributed by atoms with van der Waals surface area (Å²) >= 11 is 0. The second kappa shape index (κ2) is 9.96. The summed E-state index contributed by atoms with van der Waals surface area (Å²) in [5.74, 6) is 0.171. The van der Waals surface area contributed by atoms with Crippen molar-refractivity contribution in [1.29, 1.82) is 0 Å². The van der Waals surface area contributed by atoms with Crippen LogP contribution in [-0.4, -0.2) is 54.4 Å². The number of nitrogens with zero attached hydrogens (tertiary/aromatic N) is 2. The van der Waals surface area contributed by atoms with E-state index in [4.69, 9.17) is 4.74 Å². The summed E-state index contributed by atoms with van der Waals surface area (Å²) in [6.45, 7) is 7.20. The predicted octanol–water partition coefficient (Wildman–Crippen LogP) is 2.73. The normalized spacial score (nSPS) is 24.1. The van der Waals surface area contributed by atoms with Crippen molar-refractivity contribution < 1.29 is 19.1 Å². The Bertz CT molecular complexity index is 754. The van der Waals surface area contributed by atoms with Crippen LogP contribution in [-0.2, 0) is 14.4 Å². The number of rotatable bonds is 7. The van der Waals surface area contributed by atoms with Crippen molar-refractivity contribution in [3.63, 3.8) is 0 Å². The third-order valence-corrected chi connectivity index (χ3v) is 6.04. The highest BCUT2D eigenvalue weighted by Crippen LogP contribution is 2.27. The minimum absolute atomic E-state index is 0.00873. The van der Waals surface area contributed by atoms with Crippen LogP contribution in [0.3, 0.4) is 0 Å². The highest BCUT2D eigenvalue weighted by molar-refractivity contribution is 6.00. The van der Waals surface area contributed by atoms with Gasteiger partial charge in [-0.2, -0.15) is 0 Å². The molecule has 1 aromatic carbocycles. The fraction of sp³-hybridized carbons (Fsp3) is 0.609. The molecule has 0 spiro atoms. The number of piperidine rings is 1. The summed E-state index contributed by atoms with van der Waals surface area (Å²) in [7, 11) is 0. The van der Waals surface area contributed by atoms with Crippen molar-refractivity contribution in [3.05, 3.63) is 24.3 Å². The molecular weight excluding hydrogens is 382 g/mol. The highest BCUT2D eigenvalue weighted by atomic mass is 16.5. The molecule has 1 N–H and O–H groups in total. The topological polar surface area (TPSA) is 79.0 Å². The second-order valence-electron chi connectivity index (χ2n) is 8.41. The zero-order chi connectivity index (χ0) is 21.7. The lowest BCUT2D eigenvalue weighted by molar-refractivity contribution is -0.139. The van der Waals surface area contributed by atoms with Gasteiger partial charge in [0, 0.05) is 37.3 Å². The lowest BCUT2D eigenvalue weighted by Crippen LogP contribution is -2.49. The molecule has 1 aromatic rings. The maximum atomic E-state index is 12.6. The first-order valence-corrected chi connectivity index (χ1v) is 11.0. The van der Waals surface area contributed by atoms with Crippen LogP contribution < -0.4 is 15.0 Å². The average Bonchev–Trinajstić information content (AvgIpc) is 3.12. The van der Waals surface area contributed by atoms with Gasteiger partial charge in [0.05, 0.1) is 5.92 Å². The molecular formula is C23H33N3O4. The van der Waals surface area contributed by atoms with Crippen LogP contribution >= 0.6 is 0 Å². The molecule has 2 saturated heterocycles. The van der Waals surface area contributed by atoms with Gasteiger partial charge in [-0.15, -0.1) is 0 Å². The Labute approximate surface area is 178 Å². The van der Waals surface area contributed by atoms with E-state index in [0.29, 0.717) is 18.8 Å². The first-order valence-electron chi connectivity index (χ1n) is 11.0. The van der Waals surface area contributed by atoms with Crippen molar-refractivity contribution in [3.8, 4) is 5.75 Å². The molecule has 3 amide bonds. The molecule has 164 valence electrons. The van der Waals surface area contributed by atoms with Crippen molar-refractivity contribution in [1.82, 2.24) is 10.2 Å². The average molecular weight is 416 g/mol. The van der Waals surface area contributed by atoms with E-state index in [0.717, 1.165) is 31.4 Å². The molecule has 0 unspecified atom stereocenters. The zero-order valence-electron chi connectivity index (χ0n) is 18.2. The van der Waals surface area contributed by atoms with E-state index < -0.39 is 0 Å². The standard InChI is InChI=1S/C23H33N3O4/c1-4-12-24-23(29)18-13-21(27)25(14-18)19-8-10-20(11-9-19)30-15-22(28)26-16(2)6-5-7-17(26)3/h8-11,16-18H,4-7,12-15H2,1-3H3,(H,24,29)/t16-,17-,18-/m1/s1. The number of ether oxygens (including phenoxy) is 1. The number of hydrogen-bond acceptors (Lipinski definition) is 4. The van der Waals surface area contributed by atoms with Gasteiger partial charge in [0.15, 0.2) is 6.61 Å². The van der Waals surface area contributed by atoms with Crippen molar-refractivity contribution in [2.75, 3.05) is 24.6 Å². The Balaban J connectivity index is 1.54. The second-order valence-corrected chi connectivity index (χ2v) is 8.41. The summed E-state index contributed by atoms with van der Waals surface area (Å²) in [5.41, 5.74) is 0.739. The number of anilines is 1. The maximum Gasteiger partial charge on any atom is 0.260 e. The number of carbonyl (C=O) groups excluding carboxylic acids is 3. The van der Waals surface area contributed by atoms with Crippen LogP contribution in [0, 0.1) is 5.92 Å². The van der Waals surface area contributed by atoms with E-state index in [1.807, 2.05) is 11.8 Å². The fourth-order valence-corrected chi connectivity index (χ4v) is 4.38. The van der Waals surface area contributed by atoms with Crippen molar-refractivity contribution in [2.24, 2.45) is 5.92 Å². The van der Waals surface area contributed by atoms with E-state index in [1.54, 1.807) is 29.2 Å². The molecule has 7 heteroatoms. The van der Waals surface area contributed by atoms with Crippen LogP contribution in [0.1, 0.15) is 52.9 Å². The number of benzene rings is 1. The van der Waals surface area contributed by atoms with Crippen LogP contribution in [0.15, 0.2) is 24.3 Å². The number of likely N-dealkylation sites (tertiary alicyclic amines) is 1. The third-order valence-electron chi connectivity index (χ3n) is 6.04. The molecule has 0 radical (unpaired) electrons. The first-order chi connectivity index (χ1) is 14.4. The zero-order valence-corrected chi connectivity index (χ0v) is 18.2. The smallest absolute Gasteiger partial charge is 0.260 e. The third kappa shape index (κ3) is 5.12. The quantitative estimate of drug-likeness (QED) is 0.743. The summed E-state index contributed by atoms with van der Waals surface area (Å²) in [4.78, 5) is 40.7. The molecule has 30 heavy (non-hydrogen) atoms. The molecule has 3 rings (SSSR count). The summed E-state index contributed by atoms with van der Waals surface area (Å²) in [5, 5.41) is 2.86. The van der Waals surface area contributed by atoms with Gasteiger partial charge in [-0.25, -0.2) is 0 Å². The molecule has 7 nitrogen and oxygen atoms in total. The molecule has 0 aromatic heterocycles. The minimum atomic E-state index is -0.314. The number of carbonyl (C=O) groups is 3. The fourth-order valence-electron chi connectivity index (χ4n) is 4.38. The van der Waals surface area contributed by atoms with E-state index in [2.05, 4.69) is 19.2 Å². The van der Waals surface area contributed by atoms with Gasteiger partial charge in [-0.1, -0.05) is 6.92 Å². The molecule has 0 aliphatic carbocycles. The van der Waals surface area contributed by atoms with Crippen molar-refractivity contribution in [2.45, 2.75) is 65.0 Å². The van der Waals surface area contributed by atoms with Gasteiger partial charge >= 0.3 is 0 Å². The van der Waals surface area contributed by atoms with Gasteiger partial charge < -0.3 is 19.9 Å². The molecule has 3 atom stereocenters. The molecule has 2 heterocycles. The molecule has 2 aliphatic heterocycles. The van der Waals surface area contributed by atoms with Gasteiger partial charge in [0.25, 0.3) is 5.91 Å². The molecule has 0 saturated carbocycles. The van der Waals surface area contributed by atoms with Gasteiger partial charge in [0.2, 0.25) is 11.8 Å². The molecule has 2 aliphatic rings. The van der Waals surface area contributed by atoms with Crippen LogP contribution in [0.4, 0.5) is 5.69 Å². The maximum absolute atomic E-state index is 12.6. The first kappa shape index (κ1) is 22.1. The van der Waals surface area contributed by atoms with Gasteiger partial charge in [-0.05, 0) is 63.8 Å². The van der Waals surface area contributed by atoms with Gasteiger partial charge in [-0.3, -0.25) is 14.4 Å². The lowest BCUT2D eigenvalue weighted by Gasteiger charge is -2.38. The summed E-state index contributed by atoms with van der Waals surface area (Å²) in [6, 6.07) is 7.63. The Kier molecular flexibility index (Phi) is 7.34. The van der Waals surface area contributed by atoms with Crippen LogP contribution in [0.2, 0.25) is 0 Å². The number of hydrogen-bond donors (Lipinski definition) is 1. The lowest BCUT2D eigenvalue weighted by atomic mass is 9.97. The Morgan fingerprint density at radius 1 is 1.13 bits per heavy atom. The van der Waals surface area contributed by atoms with E-state index in [-0.39, 0.29) is 48.8 Å². The van der Waals surface area contributed by atoms with Crippen LogP contribution in [0.5, 0.6) is 5.75 Å². The van der Waals surface area contributed by atoms with Gasteiger partial charge in [0.1, 0.15) is 5.75 Å². The summed E-state index contributed by atoms with van der Waals surface area (Å²) < 4.78 is 5.71. The minimum Gasteiger partial charge on any atom is -0.484 e. The van der Waals surface area contributed by atoms with Crippen LogP contribution in [0.25, 0.3) is 0 Å². The molecule has 0 bridgehead atoms. The van der Waals surface area contributed by atoms with Crippen molar-refractivity contribution >= 4 is 23.4 Å². The number of amides is 3. The van der Waals surface area contributed by atoms with E-state index >= 15 is 0 Å². The highest BCUT2D eigenvalue weighted by Gasteiger charge is 2.35. The Hall–Kier alpha value is -2.57. The largest absolute Gasteiger partial charge is 0.484 e. The summed E-state index contributed by atoms with van der Waals surface area (Å²) in [6.07, 6.45) is 4.33. The Morgan fingerprint density at radius 3 is 2.43 bits per heavy atom. The Morgan fingerprint density at radius 2 is 1.80 bits per heavy atom. The molecule has 2 fully saturated rings.